The zero-order valence-corrected chi connectivity index (χ0v) is 8.32. The molecule has 0 amide bonds. The Labute approximate surface area is 89.6 Å². The second kappa shape index (κ2) is 8.44. The van der Waals surface area contributed by atoms with Gasteiger partial charge in [0, 0.05) is 37.2 Å². The number of rotatable bonds is 0. The summed E-state index contributed by atoms with van der Waals surface area (Å²) in [4.78, 5) is 8.02. The minimum absolute atomic E-state index is 1.67. The number of aliphatic imine (C=N–C) groups is 2. The molecular formula is C12H13N3. The van der Waals surface area contributed by atoms with Crippen molar-refractivity contribution in [1.29, 1.82) is 0 Å². The Kier molecular flexibility index (Phi) is 6.14. The van der Waals surface area contributed by atoms with Crippen molar-refractivity contribution in [2.24, 2.45) is 9.98 Å². The lowest BCUT2D eigenvalue weighted by atomic mass is 10.4. The monoisotopic (exact) mass is 199 g/mol. The van der Waals surface area contributed by atoms with Crippen LogP contribution in [0.2, 0.25) is 0 Å². The highest BCUT2D eigenvalue weighted by Crippen LogP contribution is 1.81. The number of allylic oxidation sites excluding steroid dienone is 6. The topological polar surface area (TPSA) is 36.8 Å². The van der Waals surface area contributed by atoms with E-state index in [1.807, 2.05) is 42.7 Å². The highest BCUT2D eigenvalue weighted by Gasteiger charge is 1.67. The third-order valence-corrected chi connectivity index (χ3v) is 1.41. The largest absolute Gasteiger partial charge is 0.366 e. The first-order valence-corrected chi connectivity index (χ1v) is 4.61. The van der Waals surface area contributed by atoms with E-state index in [4.69, 9.17) is 0 Å². The Balaban J connectivity index is 2.62. The fraction of sp³-hybridized carbons (Fsp3) is 0. The van der Waals surface area contributed by atoms with Gasteiger partial charge in [0.2, 0.25) is 0 Å². The Hall–Kier alpha value is -2.16. The van der Waals surface area contributed by atoms with Gasteiger partial charge >= 0.3 is 0 Å². The Morgan fingerprint density at radius 3 is 2.20 bits per heavy atom. The van der Waals surface area contributed by atoms with Gasteiger partial charge in [-0.25, -0.2) is 0 Å². The summed E-state index contributed by atoms with van der Waals surface area (Å²) in [6.07, 6.45) is 21.5. The van der Waals surface area contributed by atoms with Gasteiger partial charge in [0.1, 0.15) is 0 Å². The smallest absolute Gasteiger partial charge is 0.0427 e. The molecule has 0 saturated carbocycles. The molecule has 15 heavy (non-hydrogen) atoms. The minimum atomic E-state index is 1.67. The molecule has 1 N–H and O–H groups in total. The fourth-order valence-electron chi connectivity index (χ4n) is 0.779. The molecule has 0 aromatic carbocycles. The quantitative estimate of drug-likeness (QED) is 0.638. The first kappa shape index (κ1) is 10.9. The van der Waals surface area contributed by atoms with E-state index in [9.17, 15) is 0 Å². The van der Waals surface area contributed by atoms with E-state index < -0.39 is 0 Å². The van der Waals surface area contributed by atoms with E-state index in [-0.39, 0.29) is 0 Å². The molecule has 1 rings (SSSR count). The van der Waals surface area contributed by atoms with Crippen LogP contribution < -0.4 is 5.32 Å². The zero-order chi connectivity index (χ0) is 10.6. The highest BCUT2D eigenvalue weighted by atomic mass is 14.8. The molecule has 0 fully saturated rings. The first-order chi connectivity index (χ1) is 7.50. The molecule has 3 nitrogen and oxygen atoms in total. The molecule has 0 aromatic rings. The number of nitrogens with one attached hydrogen (secondary N) is 1. The second-order valence-electron chi connectivity index (χ2n) is 2.55. The summed E-state index contributed by atoms with van der Waals surface area (Å²) < 4.78 is 0. The van der Waals surface area contributed by atoms with Crippen LogP contribution in [0.4, 0.5) is 0 Å². The molecule has 0 bridgehead atoms. The molecule has 1 aliphatic heterocycles. The van der Waals surface area contributed by atoms with Crippen molar-refractivity contribution >= 4 is 12.4 Å². The molecule has 3 heteroatoms. The molecular weight excluding hydrogens is 186 g/mol. The van der Waals surface area contributed by atoms with Crippen molar-refractivity contribution in [2.45, 2.75) is 0 Å². The number of hydrogen-bond donors (Lipinski definition) is 1. The van der Waals surface area contributed by atoms with E-state index in [2.05, 4.69) is 15.3 Å². The van der Waals surface area contributed by atoms with Crippen LogP contribution in [0.3, 0.4) is 0 Å². The Bertz CT molecular complexity index is 321. The van der Waals surface area contributed by atoms with Crippen molar-refractivity contribution in [2.75, 3.05) is 0 Å². The summed E-state index contributed by atoms with van der Waals surface area (Å²) in [7, 11) is 0. The standard InChI is InChI=1S/C12H13N3/c1-2-4-8-14-11-12-15-10-6-5-9-13-7-3-1/h1-12,14H. The van der Waals surface area contributed by atoms with Crippen molar-refractivity contribution in [3.8, 4) is 0 Å². The van der Waals surface area contributed by atoms with Crippen molar-refractivity contribution in [3.63, 3.8) is 0 Å². The van der Waals surface area contributed by atoms with Gasteiger partial charge in [-0.1, -0.05) is 12.2 Å². The lowest BCUT2D eigenvalue weighted by Gasteiger charge is -1.84. The van der Waals surface area contributed by atoms with Crippen molar-refractivity contribution in [3.05, 3.63) is 61.3 Å². The van der Waals surface area contributed by atoms with Crippen LogP contribution >= 0.6 is 0 Å². The van der Waals surface area contributed by atoms with Crippen molar-refractivity contribution in [1.82, 2.24) is 5.32 Å². The Morgan fingerprint density at radius 1 is 0.600 bits per heavy atom. The predicted octanol–water partition coefficient (Wildman–Crippen LogP) is 2.34. The van der Waals surface area contributed by atoms with Gasteiger partial charge in [-0.2, -0.15) is 0 Å². The summed E-state index contributed by atoms with van der Waals surface area (Å²) >= 11 is 0. The molecule has 0 radical (unpaired) electrons. The molecule has 0 spiro atoms. The molecule has 0 saturated heterocycles. The molecule has 0 aliphatic carbocycles. The predicted molar refractivity (Wildman–Crippen MR) is 65.8 cm³/mol. The number of hydrogen-bond acceptors (Lipinski definition) is 3. The SMILES string of the molecule is C1=CC=CNC=CN=CC=CC=NC=C1. The summed E-state index contributed by atoms with van der Waals surface area (Å²) in [6, 6.07) is 0. The van der Waals surface area contributed by atoms with Crippen LogP contribution in [0.25, 0.3) is 0 Å². The molecule has 0 aromatic heterocycles. The van der Waals surface area contributed by atoms with E-state index in [1.54, 1.807) is 31.0 Å². The second-order valence-corrected chi connectivity index (χ2v) is 2.55. The molecule has 0 atom stereocenters. The van der Waals surface area contributed by atoms with Crippen molar-refractivity contribution < 1.29 is 0 Å². The van der Waals surface area contributed by atoms with Crippen LogP contribution in [-0.2, 0) is 0 Å². The summed E-state index contributed by atoms with van der Waals surface area (Å²) in [5.41, 5.74) is 0. The van der Waals surface area contributed by atoms with Gasteiger partial charge in [-0.15, -0.1) is 0 Å². The third kappa shape index (κ3) is 6.95. The zero-order valence-electron chi connectivity index (χ0n) is 8.32. The third-order valence-electron chi connectivity index (χ3n) is 1.41. The first-order valence-electron chi connectivity index (χ1n) is 4.61. The molecule has 76 valence electrons. The van der Waals surface area contributed by atoms with E-state index in [0.29, 0.717) is 0 Å². The van der Waals surface area contributed by atoms with E-state index in [0.717, 1.165) is 0 Å². The maximum absolute atomic E-state index is 4.02. The summed E-state index contributed by atoms with van der Waals surface area (Å²) in [5.74, 6) is 0. The molecule has 0 unspecified atom stereocenters. The Morgan fingerprint density at radius 2 is 1.33 bits per heavy atom. The van der Waals surface area contributed by atoms with Gasteiger partial charge in [0.05, 0.1) is 0 Å². The molecule has 1 aliphatic rings. The number of nitrogens with zero attached hydrogens (tertiary/aromatic N) is 2. The van der Waals surface area contributed by atoms with Crippen LogP contribution in [0.1, 0.15) is 0 Å². The minimum Gasteiger partial charge on any atom is -0.366 e. The van der Waals surface area contributed by atoms with Crippen LogP contribution in [0, 0.1) is 0 Å². The average Bonchev–Trinajstić information content (AvgIpc) is 2.27. The van der Waals surface area contributed by atoms with Gasteiger partial charge < -0.3 is 5.32 Å². The van der Waals surface area contributed by atoms with Gasteiger partial charge in [0.15, 0.2) is 0 Å². The highest BCUT2D eigenvalue weighted by molar-refractivity contribution is 5.81. The lowest BCUT2D eigenvalue weighted by molar-refractivity contribution is 1.18. The maximum atomic E-state index is 4.02. The van der Waals surface area contributed by atoms with Gasteiger partial charge in [-0.05, 0) is 24.3 Å². The van der Waals surface area contributed by atoms with E-state index >= 15 is 0 Å². The van der Waals surface area contributed by atoms with Gasteiger partial charge in [0.25, 0.3) is 0 Å². The normalized spacial score (nSPS) is 16.0. The molecule has 1 heterocycles. The van der Waals surface area contributed by atoms with Crippen LogP contribution in [0.15, 0.2) is 71.2 Å². The summed E-state index contributed by atoms with van der Waals surface area (Å²) in [6.45, 7) is 0. The van der Waals surface area contributed by atoms with Crippen LogP contribution in [-0.4, -0.2) is 12.4 Å². The fourth-order valence-corrected chi connectivity index (χ4v) is 0.779. The van der Waals surface area contributed by atoms with E-state index in [1.165, 1.54) is 0 Å². The lowest BCUT2D eigenvalue weighted by Crippen LogP contribution is -1.89. The maximum Gasteiger partial charge on any atom is 0.0427 e. The summed E-state index contributed by atoms with van der Waals surface area (Å²) in [5, 5.41) is 2.95. The van der Waals surface area contributed by atoms with Gasteiger partial charge in [-0.3, -0.25) is 9.98 Å². The van der Waals surface area contributed by atoms with Crippen LogP contribution in [0.5, 0.6) is 0 Å². The average molecular weight is 199 g/mol.